The topological polar surface area (TPSA) is 72.8 Å². The Morgan fingerprint density at radius 3 is 1.16 bits per heavy atom. The molecule has 0 rings (SSSR count). The summed E-state index contributed by atoms with van der Waals surface area (Å²) in [6.07, 6.45) is 20.1. The van der Waals surface area contributed by atoms with E-state index < -0.39 is 6.10 Å². The quantitative estimate of drug-likeness (QED) is 0.138. The molecule has 0 heterocycles. The maximum Gasteiger partial charge on any atom is 0.305 e. The molecule has 0 aliphatic carbocycles. The Kier molecular flexibility index (Phi) is 22.7. The second-order valence-electron chi connectivity index (χ2n) is 8.82. The highest BCUT2D eigenvalue weighted by Crippen LogP contribution is 2.12. The molecule has 184 valence electrons. The van der Waals surface area contributed by atoms with E-state index in [0.717, 1.165) is 32.1 Å². The average Bonchev–Trinajstić information content (AvgIpc) is 2.76. The Bertz CT molecular complexity index is 411. The minimum Gasteiger partial charge on any atom is -0.463 e. The van der Waals surface area contributed by atoms with Crippen molar-refractivity contribution in [1.82, 2.24) is 0 Å². The van der Waals surface area contributed by atoms with E-state index >= 15 is 0 Å². The Labute approximate surface area is 191 Å². The molecule has 5 heteroatoms. The van der Waals surface area contributed by atoms with Crippen LogP contribution in [0.25, 0.3) is 0 Å². The zero-order valence-corrected chi connectivity index (χ0v) is 20.5. The highest BCUT2D eigenvalue weighted by Gasteiger charge is 2.12. The molecule has 0 spiro atoms. The molecular formula is C26H50O5. The van der Waals surface area contributed by atoms with E-state index in [4.69, 9.17) is 9.47 Å². The summed E-state index contributed by atoms with van der Waals surface area (Å²) in [5.41, 5.74) is 0. The van der Waals surface area contributed by atoms with Crippen molar-refractivity contribution in [2.45, 2.75) is 142 Å². The molecule has 0 aromatic rings. The fourth-order valence-corrected chi connectivity index (χ4v) is 3.55. The standard InChI is InChI=1S/C26H50O5/c1-3-5-7-9-11-12-13-15-17-19-21-26(29)31-23-24(27)22-30-25(28)20-18-16-14-10-8-6-4-2/h24,27H,3-23H2,1-2H3/t24-/m0/s1. The van der Waals surface area contributed by atoms with E-state index in [1.54, 1.807) is 0 Å². The lowest BCUT2D eigenvalue weighted by Crippen LogP contribution is -2.25. The fraction of sp³-hybridized carbons (Fsp3) is 0.923. The van der Waals surface area contributed by atoms with Gasteiger partial charge in [0.1, 0.15) is 19.3 Å². The highest BCUT2D eigenvalue weighted by atomic mass is 16.6. The smallest absolute Gasteiger partial charge is 0.305 e. The number of rotatable bonds is 23. The number of carbonyl (C=O) groups excluding carboxylic acids is 2. The number of hydrogen-bond acceptors (Lipinski definition) is 5. The summed E-state index contributed by atoms with van der Waals surface area (Å²) in [5, 5.41) is 9.83. The maximum absolute atomic E-state index is 11.7. The Morgan fingerprint density at radius 1 is 0.548 bits per heavy atom. The molecule has 0 bridgehead atoms. The van der Waals surface area contributed by atoms with Gasteiger partial charge in [-0.3, -0.25) is 9.59 Å². The van der Waals surface area contributed by atoms with Crippen molar-refractivity contribution in [3.05, 3.63) is 0 Å². The van der Waals surface area contributed by atoms with E-state index in [0.29, 0.717) is 12.8 Å². The summed E-state index contributed by atoms with van der Waals surface area (Å²) in [6.45, 7) is 4.21. The van der Waals surface area contributed by atoms with Crippen molar-refractivity contribution >= 4 is 11.9 Å². The number of carbonyl (C=O) groups is 2. The molecule has 1 atom stereocenters. The predicted octanol–water partition coefficient (Wildman–Crippen LogP) is 6.89. The first-order valence-corrected chi connectivity index (χ1v) is 13.1. The summed E-state index contributed by atoms with van der Waals surface area (Å²) in [5.74, 6) is -0.572. The van der Waals surface area contributed by atoms with E-state index in [1.807, 2.05) is 0 Å². The summed E-state index contributed by atoms with van der Waals surface area (Å²) in [7, 11) is 0. The van der Waals surface area contributed by atoms with Crippen LogP contribution in [0.4, 0.5) is 0 Å². The molecule has 0 amide bonds. The first-order valence-electron chi connectivity index (χ1n) is 13.1. The van der Waals surface area contributed by atoms with Crippen molar-refractivity contribution in [1.29, 1.82) is 0 Å². The van der Waals surface area contributed by atoms with E-state index in [1.165, 1.54) is 77.0 Å². The van der Waals surface area contributed by atoms with E-state index in [-0.39, 0.29) is 25.2 Å². The van der Waals surface area contributed by atoms with Crippen molar-refractivity contribution in [2.24, 2.45) is 0 Å². The Balaban J connectivity index is 3.45. The van der Waals surface area contributed by atoms with Gasteiger partial charge in [-0.05, 0) is 12.8 Å². The van der Waals surface area contributed by atoms with Crippen molar-refractivity contribution in [3.8, 4) is 0 Å². The van der Waals surface area contributed by atoms with Gasteiger partial charge >= 0.3 is 11.9 Å². The molecule has 0 fully saturated rings. The van der Waals surface area contributed by atoms with Gasteiger partial charge in [-0.25, -0.2) is 0 Å². The van der Waals surface area contributed by atoms with Crippen LogP contribution in [-0.2, 0) is 19.1 Å². The summed E-state index contributed by atoms with van der Waals surface area (Å²) >= 11 is 0. The van der Waals surface area contributed by atoms with Gasteiger partial charge < -0.3 is 14.6 Å². The van der Waals surface area contributed by atoms with Gasteiger partial charge in [0.2, 0.25) is 0 Å². The van der Waals surface area contributed by atoms with E-state index in [2.05, 4.69) is 13.8 Å². The van der Waals surface area contributed by atoms with Crippen LogP contribution in [-0.4, -0.2) is 36.4 Å². The summed E-state index contributed by atoms with van der Waals surface area (Å²) in [4.78, 5) is 23.4. The maximum atomic E-state index is 11.7. The van der Waals surface area contributed by atoms with Crippen molar-refractivity contribution in [3.63, 3.8) is 0 Å². The lowest BCUT2D eigenvalue weighted by molar-refractivity contribution is -0.152. The third-order valence-corrected chi connectivity index (χ3v) is 5.59. The van der Waals surface area contributed by atoms with Crippen molar-refractivity contribution in [2.75, 3.05) is 13.2 Å². The minimum absolute atomic E-state index is 0.110. The second-order valence-corrected chi connectivity index (χ2v) is 8.82. The second kappa shape index (κ2) is 23.6. The van der Waals surface area contributed by atoms with Crippen LogP contribution in [0.5, 0.6) is 0 Å². The normalized spacial score (nSPS) is 12.0. The Morgan fingerprint density at radius 2 is 0.839 bits per heavy atom. The van der Waals surface area contributed by atoms with Crippen LogP contribution in [0.15, 0.2) is 0 Å². The van der Waals surface area contributed by atoms with Gasteiger partial charge in [0.15, 0.2) is 0 Å². The Hall–Kier alpha value is -1.10. The zero-order valence-electron chi connectivity index (χ0n) is 20.5. The lowest BCUT2D eigenvalue weighted by atomic mass is 10.1. The molecule has 0 saturated carbocycles. The number of ether oxygens (including phenoxy) is 2. The molecule has 0 aromatic heterocycles. The number of hydrogen-bond donors (Lipinski definition) is 1. The average molecular weight is 443 g/mol. The fourth-order valence-electron chi connectivity index (χ4n) is 3.55. The molecule has 1 N–H and O–H groups in total. The molecule has 0 aliphatic heterocycles. The van der Waals surface area contributed by atoms with Crippen LogP contribution in [0.2, 0.25) is 0 Å². The minimum atomic E-state index is -0.949. The van der Waals surface area contributed by atoms with Crippen LogP contribution < -0.4 is 0 Å². The SMILES string of the molecule is CCCCCCCCCCCCC(=O)OC[C@@H](O)COC(=O)CCCCCCCCC. The molecule has 0 saturated heterocycles. The largest absolute Gasteiger partial charge is 0.463 e. The van der Waals surface area contributed by atoms with Gasteiger partial charge in [-0.1, -0.05) is 110 Å². The lowest BCUT2D eigenvalue weighted by Gasteiger charge is -2.12. The van der Waals surface area contributed by atoms with Crippen molar-refractivity contribution < 1.29 is 24.2 Å². The first-order chi connectivity index (χ1) is 15.1. The molecule has 31 heavy (non-hydrogen) atoms. The first kappa shape index (κ1) is 29.9. The molecule has 0 radical (unpaired) electrons. The molecule has 0 unspecified atom stereocenters. The highest BCUT2D eigenvalue weighted by molar-refractivity contribution is 5.69. The summed E-state index contributed by atoms with van der Waals surface area (Å²) in [6, 6.07) is 0. The van der Waals surface area contributed by atoms with Gasteiger partial charge in [-0.15, -0.1) is 0 Å². The number of esters is 2. The molecule has 5 nitrogen and oxygen atoms in total. The van der Waals surface area contributed by atoms with E-state index in [9.17, 15) is 14.7 Å². The van der Waals surface area contributed by atoms with Gasteiger partial charge in [0, 0.05) is 12.8 Å². The van der Waals surface area contributed by atoms with Crippen LogP contribution in [0.1, 0.15) is 136 Å². The van der Waals surface area contributed by atoms with Gasteiger partial charge in [0.05, 0.1) is 0 Å². The van der Waals surface area contributed by atoms with Crippen LogP contribution in [0.3, 0.4) is 0 Å². The number of unbranched alkanes of at least 4 members (excludes halogenated alkanes) is 15. The molecular weight excluding hydrogens is 392 g/mol. The van der Waals surface area contributed by atoms with Crippen LogP contribution in [0, 0.1) is 0 Å². The van der Waals surface area contributed by atoms with Gasteiger partial charge in [0.25, 0.3) is 0 Å². The monoisotopic (exact) mass is 442 g/mol. The predicted molar refractivity (Wildman–Crippen MR) is 127 cm³/mol. The number of aliphatic hydroxyl groups is 1. The molecule has 0 aromatic carbocycles. The number of aliphatic hydroxyl groups excluding tert-OH is 1. The zero-order chi connectivity index (χ0) is 23.0. The third-order valence-electron chi connectivity index (χ3n) is 5.59. The van der Waals surface area contributed by atoms with Crippen LogP contribution >= 0.6 is 0 Å². The third kappa shape index (κ3) is 23.4. The van der Waals surface area contributed by atoms with Gasteiger partial charge in [-0.2, -0.15) is 0 Å². The molecule has 0 aliphatic rings. The summed E-state index contributed by atoms with van der Waals surface area (Å²) < 4.78 is 10.2.